The van der Waals surface area contributed by atoms with Gasteiger partial charge < -0.3 is 0 Å². The van der Waals surface area contributed by atoms with Crippen LogP contribution in [0, 0.1) is 9.39 Å². The molecule has 2 aromatic carbocycles. The summed E-state index contributed by atoms with van der Waals surface area (Å²) < 4.78 is 13.8. The van der Waals surface area contributed by atoms with Crippen molar-refractivity contribution in [2.45, 2.75) is 0 Å². The summed E-state index contributed by atoms with van der Waals surface area (Å²) in [5, 5.41) is 3.86. The van der Waals surface area contributed by atoms with Gasteiger partial charge in [-0.1, -0.05) is 12.1 Å². The number of amides is 1. The summed E-state index contributed by atoms with van der Waals surface area (Å²) in [6.07, 6.45) is 1.56. The second kappa shape index (κ2) is 6.42. The molecule has 96 valence electrons. The van der Waals surface area contributed by atoms with Crippen LogP contribution >= 0.6 is 22.6 Å². The zero-order valence-electron chi connectivity index (χ0n) is 9.81. The van der Waals surface area contributed by atoms with Crippen LogP contribution in [0.1, 0.15) is 15.9 Å². The molecule has 2 aromatic rings. The minimum atomic E-state index is -0.376. The van der Waals surface area contributed by atoms with Gasteiger partial charge in [0, 0.05) is 9.13 Å². The summed E-state index contributed by atoms with van der Waals surface area (Å²) in [5.74, 6) is -0.749. The van der Waals surface area contributed by atoms with Crippen LogP contribution in [0.2, 0.25) is 0 Å². The maximum Gasteiger partial charge on any atom is 0.271 e. The van der Waals surface area contributed by atoms with Crippen molar-refractivity contribution in [3.05, 3.63) is 69.0 Å². The van der Waals surface area contributed by atoms with Gasteiger partial charge in [-0.2, -0.15) is 5.10 Å². The number of hydrogen-bond donors (Lipinski definition) is 1. The number of hydrogen-bond acceptors (Lipinski definition) is 2. The molecule has 0 aromatic heterocycles. The van der Waals surface area contributed by atoms with Gasteiger partial charge in [0.05, 0.1) is 6.21 Å². The summed E-state index contributed by atoms with van der Waals surface area (Å²) in [5.41, 5.74) is 3.65. The molecule has 0 saturated heterocycles. The fourth-order valence-electron chi connectivity index (χ4n) is 1.42. The van der Waals surface area contributed by atoms with Gasteiger partial charge in [0.1, 0.15) is 5.82 Å². The quantitative estimate of drug-likeness (QED) is 0.505. The molecular weight excluding hydrogens is 358 g/mol. The van der Waals surface area contributed by atoms with Gasteiger partial charge in [-0.25, -0.2) is 9.82 Å². The molecule has 0 radical (unpaired) electrons. The van der Waals surface area contributed by atoms with Crippen molar-refractivity contribution in [3.63, 3.8) is 0 Å². The Hall–Kier alpha value is -1.76. The number of halogens is 2. The van der Waals surface area contributed by atoms with Gasteiger partial charge in [-0.05, 0) is 64.6 Å². The molecule has 0 heterocycles. The first kappa shape index (κ1) is 13.7. The highest BCUT2D eigenvalue weighted by Gasteiger charge is 2.03. The highest BCUT2D eigenvalue weighted by atomic mass is 127. The number of benzene rings is 2. The smallest absolute Gasteiger partial charge is 0.267 e. The van der Waals surface area contributed by atoms with Crippen LogP contribution in [-0.2, 0) is 0 Å². The molecule has 0 unspecified atom stereocenters. The van der Waals surface area contributed by atoms with E-state index in [4.69, 9.17) is 0 Å². The first-order valence-corrected chi connectivity index (χ1v) is 6.57. The van der Waals surface area contributed by atoms with E-state index in [-0.39, 0.29) is 11.7 Å². The summed E-state index contributed by atoms with van der Waals surface area (Å²) >= 11 is 2.20. The molecule has 0 atom stereocenters. The average Bonchev–Trinajstić information content (AvgIpc) is 2.39. The van der Waals surface area contributed by atoms with Gasteiger partial charge in [0.15, 0.2) is 0 Å². The molecule has 3 nitrogen and oxygen atoms in total. The second-order valence-electron chi connectivity index (χ2n) is 3.76. The van der Waals surface area contributed by atoms with Crippen molar-refractivity contribution in [1.29, 1.82) is 0 Å². The zero-order chi connectivity index (χ0) is 13.7. The Kier molecular flexibility index (Phi) is 4.62. The molecule has 0 aliphatic heterocycles. The molecule has 0 aliphatic rings. The van der Waals surface area contributed by atoms with E-state index in [1.165, 1.54) is 24.3 Å². The third-order valence-corrected chi connectivity index (χ3v) is 3.01. The molecule has 0 bridgehead atoms. The standard InChI is InChI=1S/C14H10FIN2O/c15-12-6-4-11(5-7-12)14(19)18-17-9-10-2-1-3-13(16)8-10/h1-9H,(H,18,19)/b17-9-. The molecule has 0 spiro atoms. The number of rotatable bonds is 3. The van der Waals surface area contributed by atoms with Crippen molar-refractivity contribution >= 4 is 34.7 Å². The van der Waals surface area contributed by atoms with E-state index >= 15 is 0 Å². The van der Waals surface area contributed by atoms with Crippen LogP contribution in [0.3, 0.4) is 0 Å². The molecule has 0 aliphatic carbocycles. The van der Waals surface area contributed by atoms with E-state index in [1.807, 2.05) is 24.3 Å². The number of carbonyl (C=O) groups is 1. The van der Waals surface area contributed by atoms with Crippen molar-refractivity contribution in [2.75, 3.05) is 0 Å². The first-order chi connectivity index (χ1) is 9.15. The van der Waals surface area contributed by atoms with Crippen LogP contribution in [-0.4, -0.2) is 12.1 Å². The van der Waals surface area contributed by atoms with E-state index in [9.17, 15) is 9.18 Å². The van der Waals surface area contributed by atoms with E-state index in [0.717, 1.165) is 9.13 Å². The first-order valence-electron chi connectivity index (χ1n) is 5.50. The third kappa shape index (κ3) is 4.13. The maximum absolute atomic E-state index is 12.7. The SMILES string of the molecule is O=C(N/N=C\c1cccc(I)c1)c1ccc(F)cc1. The van der Waals surface area contributed by atoms with Crippen molar-refractivity contribution < 1.29 is 9.18 Å². The summed E-state index contributed by atoms with van der Waals surface area (Å²) in [6.45, 7) is 0. The number of nitrogens with zero attached hydrogens (tertiary/aromatic N) is 1. The Morgan fingerprint density at radius 2 is 1.95 bits per heavy atom. The Labute approximate surface area is 123 Å². The molecule has 2 rings (SSSR count). The van der Waals surface area contributed by atoms with Crippen molar-refractivity contribution in [1.82, 2.24) is 5.43 Å². The topological polar surface area (TPSA) is 41.5 Å². The number of carbonyl (C=O) groups excluding carboxylic acids is 1. The van der Waals surface area contributed by atoms with E-state index < -0.39 is 0 Å². The summed E-state index contributed by atoms with van der Waals surface area (Å²) in [6, 6.07) is 13.0. The van der Waals surface area contributed by atoms with Crippen molar-refractivity contribution in [2.24, 2.45) is 5.10 Å². The van der Waals surface area contributed by atoms with E-state index in [1.54, 1.807) is 6.21 Å². The molecule has 19 heavy (non-hydrogen) atoms. The predicted molar refractivity (Wildman–Crippen MR) is 80.6 cm³/mol. The zero-order valence-corrected chi connectivity index (χ0v) is 12.0. The molecule has 1 amide bonds. The normalized spacial score (nSPS) is 10.6. The fraction of sp³-hybridized carbons (Fsp3) is 0. The van der Waals surface area contributed by atoms with Gasteiger partial charge >= 0.3 is 0 Å². The number of hydrazone groups is 1. The third-order valence-electron chi connectivity index (χ3n) is 2.33. The molecule has 0 saturated carbocycles. The van der Waals surface area contributed by atoms with Crippen LogP contribution in [0.25, 0.3) is 0 Å². The van der Waals surface area contributed by atoms with Crippen LogP contribution in [0.5, 0.6) is 0 Å². The molecule has 1 N–H and O–H groups in total. The predicted octanol–water partition coefficient (Wildman–Crippen LogP) is 3.19. The fourth-order valence-corrected chi connectivity index (χ4v) is 1.99. The lowest BCUT2D eigenvalue weighted by Gasteiger charge is -1.99. The molecular formula is C14H10FIN2O. The number of nitrogens with one attached hydrogen (secondary N) is 1. The lowest BCUT2D eigenvalue weighted by Crippen LogP contribution is -2.17. The monoisotopic (exact) mass is 368 g/mol. The van der Waals surface area contributed by atoms with Crippen LogP contribution in [0.4, 0.5) is 4.39 Å². The lowest BCUT2D eigenvalue weighted by molar-refractivity contribution is 0.0955. The maximum atomic E-state index is 12.7. The molecule has 0 fully saturated rings. The Morgan fingerprint density at radius 1 is 1.21 bits per heavy atom. The summed E-state index contributed by atoms with van der Waals surface area (Å²) in [4.78, 5) is 11.7. The highest BCUT2D eigenvalue weighted by Crippen LogP contribution is 2.06. The van der Waals surface area contributed by atoms with Crippen LogP contribution in [0.15, 0.2) is 53.6 Å². The van der Waals surface area contributed by atoms with Gasteiger partial charge in [0.2, 0.25) is 0 Å². The average molecular weight is 368 g/mol. The summed E-state index contributed by atoms with van der Waals surface area (Å²) in [7, 11) is 0. The Morgan fingerprint density at radius 3 is 2.63 bits per heavy atom. The van der Waals surface area contributed by atoms with E-state index in [2.05, 4.69) is 33.1 Å². The van der Waals surface area contributed by atoms with Crippen molar-refractivity contribution in [3.8, 4) is 0 Å². The van der Waals surface area contributed by atoms with Gasteiger partial charge in [-0.15, -0.1) is 0 Å². The van der Waals surface area contributed by atoms with Gasteiger partial charge in [0.25, 0.3) is 5.91 Å². The highest BCUT2D eigenvalue weighted by molar-refractivity contribution is 14.1. The Balaban J connectivity index is 1.98. The Bertz CT molecular complexity index is 611. The second-order valence-corrected chi connectivity index (χ2v) is 5.01. The molecule has 5 heteroatoms. The minimum absolute atomic E-state index is 0.362. The van der Waals surface area contributed by atoms with Crippen LogP contribution < -0.4 is 5.43 Å². The largest absolute Gasteiger partial charge is 0.271 e. The lowest BCUT2D eigenvalue weighted by atomic mass is 10.2. The van der Waals surface area contributed by atoms with E-state index in [0.29, 0.717) is 5.56 Å². The minimum Gasteiger partial charge on any atom is -0.267 e. The van der Waals surface area contributed by atoms with Gasteiger partial charge in [-0.3, -0.25) is 4.79 Å².